The number of ether oxygens (including phenoxy) is 2. The number of likely N-dealkylation sites (N-methyl/N-ethyl adjacent to an activating group) is 2. The number of nitrogens with zero attached hydrogens (tertiary/aromatic N) is 3. The second-order valence-electron chi connectivity index (χ2n) is 18.8. The molecule has 1 aromatic carbocycles. The number of para-hydroxylation sites is 1. The average Bonchev–Trinajstić information content (AvgIpc) is 3.89. The summed E-state index contributed by atoms with van der Waals surface area (Å²) in [6, 6.07) is 6.54. The lowest BCUT2D eigenvalue weighted by molar-refractivity contribution is -0.149. The average molecular weight is 882 g/mol. The van der Waals surface area contributed by atoms with Crippen molar-refractivity contribution in [3.05, 3.63) is 36.0 Å². The van der Waals surface area contributed by atoms with Gasteiger partial charge in [-0.25, -0.2) is 0 Å². The monoisotopic (exact) mass is 882 g/mol. The number of carboxylic acid groups (broad SMARTS) is 1. The van der Waals surface area contributed by atoms with Gasteiger partial charge in [0.05, 0.1) is 36.8 Å². The van der Waals surface area contributed by atoms with E-state index >= 15 is 0 Å². The van der Waals surface area contributed by atoms with E-state index in [0.29, 0.717) is 32.4 Å². The van der Waals surface area contributed by atoms with Crippen molar-refractivity contribution in [1.29, 1.82) is 0 Å². The Labute approximate surface area is 376 Å². The minimum atomic E-state index is -0.811. The van der Waals surface area contributed by atoms with Crippen LogP contribution in [0.25, 0.3) is 10.9 Å². The fraction of sp³-hybridized carbons (Fsp3) is 0.714. The van der Waals surface area contributed by atoms with Crippen LogP contribution in [0.3, 0.4) is 0 Å². The molecule has 354 valence electrons. The molecule has 14 heteroatoms. The first-order valence-electron chi connectivity index (χ1n) is 23.2. The molecule has 2 aromatic rings. The number of aliphatic carboxylic acids is 1. The fourth-order valence-corrected chi connectivity index (χ4v) is 9.90. The number of aromatic nitrogens is 1. The number of fused-ring (bicyclic) bond motifs is 1. The van der Waals surface area contributed by atoms with Crippen LogP contribution in [-0.2, 0) is 44.7 Å². The Morgan fingerprint density at radius 3 is 2.17 bits per heavy atom. The molecule has 2 heterocycles. The van der Waals surface area contributed by atoms with Crippen molar-refractivity contribution in [2.24, 2.45) is 41.2 Å². The van der Waals surface area contributed by atoms with E-state index in [1.807, 2.05) is 84.0 Å². The van der Waals surface area contributed by atoms with Crippen molar-refractivity contribution in [1.82, 2.24) is 19.7 Å². The van der Waals surface area contributed by atoms with E-state index in [0.717, 1.165) is 42.1 Å². The third-order valence-electron chi connectivity index (χ3n) is 13.7. The molecular formula is C49H79N5O9. The Kier molecular flexibility index (Phi) is 21.4. The molecule has 1 saturated heterocycles. The highest BCUT2D eigenvalue weighted by Gasteiger charge is 2.43. The van der Waals surface area contributed by atoms with Crippen LogP contribution >= 0.6 is 0 Å². The van der Waals surface area contributed by atoms with Gasteiger partial charge < -0.3 is 35.1 Å². The number of carboxylic acids is 1. The molecule has 63 heavy (non-hydrogen) atoms. The van der Waals surface area contributed by atoms with Crippen LogP contribution in [0.15, 0.2) is 30.5 Å². The molecule has 0 radical (unpaired) electrons. The van der Waals surface area contributed by atoms with Gasteiger partial charge in [0.2, 0.25) is 17.7 Å². The minimum absolute atomic E-state index is 0.00282. The lowest BCUT2D eigenvalue weighted by Crippen LogP contribution is -2.54. The second-order valence-corrected chi connectivity index (χ2v) is 18.8. The van der Waals surface area contributed by atoms with E-state index in [1.54, 1.807) is 38.0 Å². The molecule has 0 aliphatic carbocycles. The highest BCUT2D eigenvalue weighted by atomic mass is 16.5. The molecule has 0 unspecified atom stereocenters. The zero-order chi connectivity index (χ0) is 47.1. The summed E-state index contributed by atoms with van der Waals surface area (Å²) in [7, 11) is 6.78. The Bertz CT molecular complexity index is 1810. The van der Waals surface area contributed by atoms with Gasteiger partial charge in [-0.3, -0.25) is 33.7 Å². The largest absolute Gasteiger partial charge is 0.481 e. The molecule has 14 nitrogen and oxygen atoms in total. The lowest BCUT2D eigenvalue weighted by Gasteiger charge is -2.41. The van der Waals surface area contributed by atoms with Crippen LogP contribution in [0.4, 0.5) is 0 Å². The molecule has 1 aliphatic heterocycles. The second kappa shape index (κ2) is 25.4. The number of Topliss-reactive ketones (excluding diaryl/α,β-unsaturated/α-hetero) is 2. The third-order valence-corrected chi connectivity index (χ3v) is 13.7. The number of amides is 3. The molecule has 1 aromatic heterocycles. The maximum Gasteiger partial charge on any atom is 0.303 e. The van der Waals surface area contributed by atoms with E-state index < -0.39 is 53.9 Å². The molecule has 3 rings (SSSR count). The number of nitrogens with one attached hydrogen (secondary N) is 1. The third kappa shape index (κ3) is 14.4. The molecule has 3 amide bonds. The van der Waals surface area contributed by atoms with Gasteiger partial charge in [-0.15, -0.1) is 0 Å². The van der Waals surface area contributed by atoms with E-state index in [-0.39, 0.29) is 72.9 Å². The predicted octanol–water partition coefficient (Wildman–Crippen LogP) is 6.52. The van der Waals surface area contributed by atoms with Gasteiger partial charge in [0.25, 0.3) is 0 Å². The fourth-order valence-electron chi connectivity index (χ4n) is 9.90. The van der Waals surface area contributed by atoms with Crippen molar-refractivity contribution < 1.29 is 43.3 Å². The van der Waals surface area contributed by atoms with E-state index in [4.69, 9.17) is 20.3 Å². The first-order valence-corrected chi connectivity index (χ1v) is 23.2. The summed E-state index contributed by atoms with van der Waals surface area (Å²) in [5.74, 6) is -3.93. The van der Waals surface area contributed by atoms with Crippen LogP contribution in [0.2, 0.25) is 0 Å². The van der Waals surface area contributed by atoms with Gasteiger partial charge in [-0.1, -0.05) is 79.5 Å². The van der Waals surface area contributed by atoms with Crippen LogP contribution < -0.4 is 5.73 Å². The van der Waals surface area contributed by atoms with E-state index in [1.165, 1.54) is 0 Å². The summed E-state index contributed by atoms with van der Waals surface area (Å²) in [5, 5.41) is 9.97. The number of aromatic amines is 1. The number of nitrogens with two attached hydrogens (primary N) is 1. The normalized spacial score (nSPS) is 18.3. The van der Waals surface area contributed by atoms with Gasteiger partial charge in [0.15, 0.2) is 5.78 Å². The zero-order valence-corrected chi connectivity index (χ0v) is 40.1. The van der Waals surface area contributed by atoms with Crippen molar-refractivity contribution in [2.45, 2.75) is 149 Å². The first-order chi connectivity index (χ1) is 29.8. The van der Waals surface area contributed by atoms with Crippen LogP contribution in [0.5, 0.6) is 0 Å². The van der Waals surface area contributed by atoms with Gasteiger partial charge >= 0.3 is 5.97 Å². The number of carbonyl (C=O) groups is 6. The number of hydrogen-bond donors (Lipinski definition) is 3. The maximum absolute atomic E-state index is 14.6. The summed E-state index contributed by atoms with van der Waals surface area (Å²) in [6.45, 7) is 14.9. The highest BCUT2D eigenvalue weighted by Crippen LogP contribution is 2.32. The number of unbranched alkanes of at least 4 members (excludes halogenated alkanes) is 2. The van der Waals surface area contributed by atoms with Crippen LogP contribution in [-0.4, -0.2) is 132 Å². The minimum Gasteiger partial charge on any atom is -0.481 e. The number of hydrogen-bond acceptors (Lipinski definition) is 9. The van der Waals surface area contributed by atoms with Crippen molar-refractivity contribution >= 4 is 46.2 Å². The predicted molar refractivity (Wildman–Crippen MR) is 246 cm³/mol. The lowest BCUT2D eigenvalue weighted by atomic mass is 9.83. The number of rotatable bonds is 29. The van der Waals surface area contributed by atoms with Gasteiger partial charge in [-0.05, 0) is 75.1 Å². The highest BCUT2D eigenvalue weighted by molar-refractivity contribution is 5.91. The SMILES string of the molecule is CC[C@H](C)[C@@H]([C@@H](CC(=O)N1CCC[C@H]1[C@H](OC)[C@@H](C)C(=O)C[C@@H](Cc1c[nH]c2ccccc12)C(N)=O)OC)N(C)C(=O)[C@@H](CC(=O)[C@H](C(C)C)N(C)CCCCCC(=O)O)C(C)C. The molecule has 1 fully saturated rings. The van der Waals surface area contributed by atoms with Crippen LogP contribution in [0.1, 0.15) is 118 Å². The smallest absolute Gasteiger partial charge is 0.303 e. The molecule has 0 saturated carbocycles. The summed E-state index contributed by atoms with van der Waals surface area (Å²) >= 11 is 0. The van der Waals surface area contributed by atoms with Crippen LogP contribution in [0, 0.1) is 35.5 Å². The Morgan fingerprint density at radius 2 is 1.59 bits per heavy atom. The van der Waals surface area contributed by atoms with Gasteiger partial charge in [0.1, 0.15) is 5.78 Å². The number of likely N-dealkylation sites (tertiary alicyclic amines) is 1. The van der Waals surface area contributed by atoms with Crippen molar-refractivity contribution in [3.8, 4) is 0 Å². The number of primary amides is 1. The molecule has 0 spiro atoms. The van der Waals surface area contributed by atoms with Crippen molar-refractivity contribution in [2.75, 3.05) is 41.4 Å². The Hall–Kier alpha value is -4.14. The molecule has 4 N–H and O–H groups in total. The molecule has 1 aliphatic rings. The number of benzene rings is 1. The van der Waals surface area contributed by atoms with E-state index in [9.17, 15) is 28.8 Å². The summed E-state index contributed by atoms with van der Waals surface area (Å²) in [6.07, 6.45) is 5.27. The Balaban J connectivity index is 1.75. The Morgan fingerprint density at radius 1 is 0.905 bits per heavy atom. The van der Waals surface area contributed by atoms with Gasteiger partial charge in [0, 0.05) is 81.9 Å². The molecular weight excluding hydrogens is 803 g/mol. The quantitative estimate of drug-likeness (QED) is 0.0758. The summed E-state index contributed by atoms with van der Waals surface area (Å²) in [4.78, 5) is 89.3. The number of H-pyrrole nitrogens is 1. The van der Waals surface area contributed by atoms with E-state index in [2.05, 4.69) is 4.98 Å². The first kappa shape index (κ1) is 53.2. The number of methoxy groups -OCH3 is 2. The topological polar surface area (TPSA) is 193 Å². The van der Waals surface area contributed by atoms with Crippen molar-refractivity contribution in [3.63, 3.8) is 0 Å². The number of ketones is 2. The summed E-state index contributed by atoms with van der Waals surface area (Å²) in [5.41, 5.74) is 7.71. The maximum atomic E-state index is 14.6. The number of carbonyl (C=O) groups excluding carboxylic acids is 5. The summed E-state index contributed by atoms with van der Waals surface area (Å²) < 4.78 is 12.1. The molecule has 9 atom stereocenters. The standard InChI is InChI=1S/C49H79N5O9/c1-12-32(6)46(53(9)49(61)37(30(2)3)27-41(56)45(31(4)5)52(8)23-17-13-14-22-44(58)59)42(62-10)28-43(57)54-24-18-21-39(54)47(63-11)33(7)40(55)26-34(48(50)60)25-35-29-51-38-20-16-15-19-36(35)38/h15-16,19-20,29-34,37,39,42,45-47,51H,12-14,17-18,21-28H2,1-11H3,(H2,50,60)(H,58,59)/t32-,33-,34+,37-,39-,42+,45-,46-,47+/m0/s1. The zero-order valence-electron chi connectivity index (χ0n) is 40.1. The molecule has 0 bridgehead atoms. The van der Waals surface area contributed by atoms with Gasteiger partial charge in [-0.2, -0.15) is 0 Å².